The number of hydrogen-bond donors (Lipinski definition) is 1. The predicted octanol–water partition coefficient (Wildman–Crippen LogP) is 5.99. The number of nitrogens with zero attached hydrogens (tertiary/aromatic N) is 1. The van der Waals surface area contributed by atoms with Gasteiger partial charge in [0, 0.05) is 17.8 Å². The Hall–Kier alpha value is -3.05. The van der Waals surface area contributed by atoms with Gasteiger partial charge in [-0.05, 0) is 47.7 Å². The molecule has 1 saturated heterocycles. The maximum atomic E-state index is 12.8. The summed E-state index contributed by atoms with van der Waals surface area (Å²) < 4.78 is 0. The molecule has 1 aliphatic heterocycles. The van der Waals surface area contributed by atoms with Crippen LogP contribution in [0.25, 0.3) is 0 Å². The fourth-order valence-corrected chi connectivity index (χ4v) is 5.21. The van der Waals surface area contributed by atoms with E-state index >= 15 is 0 Å². The van der Waals surface area contributed by atoms with Crippen molar-refractivity contribution in [2.45, 2.75) is 38.0 Å². The van der Waals surface area contributed by atoms with Gasteiger partial charge in [0.1, 0.15) is 5.37 Å². The summed E-state index contributed by atoms with van der Waals surface area (Å²) in [5.74, 6) is 0.575. The van der Waals surface area contributed by atoms with Crippen LogP contribution in [0.4, 0.5) is 11.4 Å². The Morgan fingerprint density at radius 3 is 2.59 bits per heavy atom. The number of aryl methyl sites for hydroxylation is 2. The van der Waals surface area contributed by atoms with E-state index in [9.17, 15) is 9.59 Å². The Morgan fingerprint density at radius 1 is 1.00 bits per heavy atom. The van der Waals surface area contributed by atoms with Crippen LogP contribution in [0.1, 0.15) is 41.8 Å². The normalized spacial score (nSPS) is 15.7. The molecular weight excluding hydrogens is 416 g/mol. The number of amides is 2. The average molecular weight is 445 g/mol. The molecule has 0 spiro atoms. The molecule has 3 aromatic carbocycles. The van der Waals surface area contributed by atoms with E-state index in [1.807, 2.05) is 77.7 Å². The van der Waals surface area contributed by atoms with Crippen LogP contribution in [-0.4, -0.2) is 17.6 Å². The number of benzene rings is 3. The summed E-state index contributed by atoms with van der Waals surface area (Å²) in [5.41, 5.74) is 5.13. The molecule has 164 valence electrons. The molecule has 1 atom stereocenters. The van der Waals surface area contributed by atoms with Crippen LogP contribution in [0, 0.1) is 0 Å². The lowest BCUT2D eigenvalue weighted by atomic mass is 10.1. The fourth-order valence-electron chi connectivity index (χ4n) is 4.05. The minimum Gasteiger partial charge on any atom is -0.326 e. The molecule has 32 heavy (non-hydrogen) atoms. The number of rotatable bonds is 8. The quantitative estimate of drug-likeness (QED) is 0.464. The van der Waals surface area contributed by atoms with Crippen molar-refractivity contribution in [2.75, 3.05) is 16.0 Å². The second kappa shape index (κ2) is 10.5. The highest BCUT2D eigenvalue weighted by molar-refractivity contribution is 8.00. The Kier molecular flexibility index (Phi) is 7.28. The third-order valence-electron chi connectivity index (χ3n) is 5.58. The van der Waals surface area contributed by atoms with E-state index in [4.69, 9.17) is 0 Å². The van der Waals surface area contributed by atoms with E-state index in [0.29, 0.717) is 18.6 Å². The van der Waals surface area contributed by atoms with Crippen molar-refractivity contribution >= 4 is 35.0 Å². The Labute approximate surface area is 194 Å². The van der Waals surface area contributed by atoms with Gasteiger partial charge in [-0.3, -0.25) is 14.5 Å². The molecule has 0 aliphatic carbocycles. The minimum absolute atomic E-state index is 0.00805. The molecule has 1 fully saturated rings. The van der Waals surface area contributed by atoms with Gasteiger partial charge in [0.2, 0.25) is 11.8 Å². The molecule has 1 heterocycles. The number of hydrogen-bond acceptors (Lipinski definition) is 3. The van der Waals surface area contributed by atoms with E-state index in [0.717, 1.165) is 35.3 Å². The SMILES string of the molecule is CCCc1ccccc1N1C(=O)CS[C@H]1c1cccc(NC(=O)CCc2ccccc2)c1. The van der Waals surface area contributed by atoms with Gasteiger partial charge < -0.3 is 5.32 Å². The molecule has 0 unspecified atom stereocenters. The smallest absolute Gasteiger partial charge is 0.238 e. The van der Waals surface area contributed by atoms with Crippen LogP contribution in [-0.2, 0) is 22.4 Å². The molecule has 4 nitrogen and oxygen atoms in total. The van der Waals surface area contributed by atoms with Gasteiger partial charge in [-0.2, -0.15) is 0 Å². The molecule has 0 radical (unpaired) electrons. The van der Waals surface area contributed by atoms with E-state index < -0.39 is 0 Å². The van der Waals surface area contributed by atoms with Crippen LogP contribution in [0.2, 0.25) is 0 Å². The molecular formula is C27H28N2O2S. The Bertz CT molecular complexity index is 1080. The summed E-state index contributed by atoms with van der Waals surface area (Å²) in [6.07, 6.45) is 3.11. The zero-order chi connectivity index (χ0) is 22.3. The summed E-state index contributed by atoms with van der Waals surface area (Å²) in [6.45, 7) is 2.15. The lowest BCUT2D eigenvalue weighted by molar-refractivity contribution is -0.116. The lowest BCUT2D eigenvalue weighted by Crippen LogP contribution is -2.28. The van der Waals surface area contributed by atoms with E-state index in [1.54, 1.807) is 11.8 Å². The number of anilines is 2. The Morgan fingerprint density at radius 2 is 1.78 bits per heavy atom. The highest BCUT2D eigenvalue weighted by Crippen LogP contribution is 2.43. The van der Waals surface area contributed by atoms with Gasteiger partial charge in [-0.15, -0.1) is 11.8 Å². The van der Waals surface area contributed by atoms with Gasteiger partial charge in [0.05, 0.1) is 5.75 Å². The van der Waals surface area contributed by atoms with Crippen molar-refractivity contribution in [3.8, 4) is 0 Å². The molecule has 2 amide bonds. The van der Waals surface area contributed by atoms with Gasteiger partial charge in [-0.25, -0.2) is 0 Å². The first-order chi connectivity index (χ1) is 15.7. The molecule has 1 N–H and O–H groups in total. The van der Waals surface area contributed by atoms with Crippen molar-refractivity contribution in [2.24, 2.45) is 0 Å². The number of carbonyl (C=O) groups excluding carboxylic acids is 2. The first-order valence-electron chi connectivity index (χ1n) is 11.1. The van der Waals surface area contributed by atoms with Crippen molar-refractivity contribution in [1.82, 2.24) is 0 Å². The highest BCUT2D eigenvalue weighted by Gasteiger charge is 2.35. The Balaban J connectivity index is 1.49. The third-order valence-corrected chi connectivity index (χ3v) is 6.79. The number of nitrogens with one attached hydrogen (secondary N) is 1. The van der Waals surface area contributed by atoms with Gasteiger partial charge in [0.15, 0.2) is 0 Å². The van der Waals surface area contributed by atoms with Crippen LogP contribution < -0.4 is 10.2 Å². The van der Waals surface area contributed by atoms with Crippen molar-refractivity contribution in [1.29, 1.82) is 0 Å². The maximum Gasteiger partial charge on any atom is 0.238 e. The topological polar surface area (TPSA) is 49.4 Å². The van der Waals surface area contributed by atoms with Crippen molar-refractivity contribution in [3.05, 3.63) is 95.6 Å². The predicted molar refractivity (Wildman–Crippen MR) is 133 cm³/mol. The van der Waals surface area contributed by atoms with E-state index in [1.165, 1.54) is 5.56 Å². The third kappa shape index (κ3) is 5.22. The molecule has 5 heteroatoms. The monoisotopic (exact) mass is 444 g/mol. The van der Waals surface area contributed by atoms with Crippen molar-refractivity contribution in [3.63, 3.8) is 0 Å². The van der Waals surface area contributed by atoms with E-state index in [2.05, 4.69) is 18.3 Å². The second-order valence-corrected chi connectivity index (χ2v) is 9.03. The highest BCUT2D eigenvalue weighted by atomic mass is 32.2. The summed E-state index contributed by atoms with van der Waals surface area (Å²) in [6, 6.07) is 26.1. The molecule has 0 aromatic heterocycles. The van der Waals surface area contributed by atoms with Gasteiger partial charge >= 0.3 is 0 Å². The summed E-state index contributed by atoms with van der Waals surface area (Å²) >= 11 is 1.63. The zero-order valence-electron chi connectivity index (χ0n) is 18.3. The minimum atomic E-state index is -0.0957. The molecule has 1 aliphatic rings. The molecule has 0 bridgehead atoms. The largest absolute Gasteiger partial charge is 0.326 e. The maximum absolute atomic E-state index is 12.8. The standard InChI is InChI=1S/C27H28N2O2S/c1-2-9-21-12-6-7-15-24(21)29-26(31)19-32-27(29)22-13-8-14-23(18-22)28-25(30)17-16-20-10-4-3-5-11-20/h3-8,10-15,18,27H,2,9,16-17,19H2,1H3,(H,28,30)/t27-/m0/s1. The van der Waals surface area contributed by atoms with Gasteiger partial charge in [0.25, 0.3) is 0 Å². The first kappa shape index (κ1) is 22.2. The van der Waals surface area contributed by atoms with Crippen LogP contribution >= 0.6 is 11.8 Å². The summed E-state index contributed by atoms with van der Waals surface area (Å²) in [7, 11) is 0. The number of carbonyl (C=O) groups is 2. The molecule has 4 rings (SSSR count). The van der Waals surface area contributed by atoms with Crippen molar-refractivity contribution < 1.29 is 9.59 Å². The summed E-state index contributed by atoms with van der Waals surface area (Å²) in [4.78, 5) is 27.2. The zero-order valence-corrected chi connectivity index (χ0v) is 19.1. The van der Waals surface area contributed by atoms with E-state index in [-0.39, 0.29) is 17.2 Å². The first-order valence-corrected chi connectivity index (χ1v) is 12.2. The molecule has 0 saturated carbocycles. The second-order valence-electron chi connectivity index (χ2n) is 7.97. The van der Waals surface area contributed by atoms with Crippen LogP contribution in [0.3, 0.4) is 0 Å². The number of para-hydroxylation sites is 1. The summed E-state index contributed by atoms with van der Waals surface area (Å²) in [5, 5.41) is 2.93. The molecule has 3 aromatic rings. The lowest BCUT2D eigenvalue weighted by Gasteiger charge is -2.27. The van der Waals surface area contributed by atoms with Crippen LogP contribution in [0.15, 0.2) is 78.9 Å². The average Bonchev–Trinajstić information content (AvgIpc) is 3.20. The van der Waals surface area contributed by atoms with Crippen LogP contribution in [0.5, 0.6) is 0 Å². The fraction of sp³-hybridized carbons (Fsp3) is 0.259. The van der Waals surface area contributed by atoms with Gasteiger partial charge in [-0.1, -0.05) is 74.0 Å². The number of thioether (sulfide) groups is 1.